The van der Waals surface area contributed by atoms with Crippen LogP contribution in [0, 0.1) is 5.82 Å². The third kappa shape index (κ3) is 3.63. The minimum absolute atomic E-state index is 0.0391. The number of benzene rings is 1. The van der Waals surface area contributed by atoms with E-state index in [1.54, 1.807) is 18.2 Å². The van der Waals surface area contributed by atoms with Crippen molar-refractivity contribution in [2.75, 3.05) is 6.54 Å². The van der Waals surface area contributed by atoms with Crippen LogP contribution in [0.5, 0.6) is 0 Å². The van der Waals surface area contributed by atoms with Gasteiger partial charge in [0.2, 0.25) is 0 Å². The van der Waals surface area contributed by atoms with E-state index in [-0.39, 0.29) is 17.1 Å². The van der Waals surface area contributed by atoms with Crippen LogP contribution < -0.4 is 5.32 Å². The summed E-state index contributed by atoms with van der Waals surface area (Å²) in [5.74, 6) is -0.347. The summed E-state index contributed by atoms with van der Waals surface area (Å²) in [5.41, 5.74) is 0. The second-order valence-electron chi connectivity index (χ2n) is 5.11. The number of nitrogens with one attached hydrogen (secondary N) is 1. The van der Waals surface area contributed by atoms with Gasteiger partial charge in [-0.05, 0) is 37.9 Å². The van der Waals surface area contributed by atoms with E-state index in [2.05, 4.69) is 12.2 Å². The summed E-state index contributed by atoms with van der Waals surface area (Å²) >= 11 is 0. The number of rotatable bonds is 5. The van der Waals surface area contributed by atoms with Crippen molar-refractivity contribution < 1.29 is 8.60 Å². The molecule has 0 amide bonds. The van der Waals surface area contributed by atoms with E-state index in [4.69, 9.17) is 0 Å². The molecule has 1 saturated carbocycles. The van der Waals surface area contributed by atoms with Crippen LogP contribution in [0.3, 0.4) is 0 Å². The van der Waals surface area contributed by atoms with E-state index < -0.39 is 10.8 Å². The molecule has 1 aliphatic rings. The molecule has 1 aromatic rings. The second-order valence-corrected chi connectivity index (χ2v) is 6.75. The fourth-order valence-electron chi connectivity index (χ4n) is 2.69. The molecule has 1 fully saturated rings. The van der Waals surface area contributed by atoms with Crippen LogP contribution in [0.2, 0.25) is 0 Å². The van der Waals surface area contributed by atoms with Gasteiger partial charge in [-0.25, -0.2) is 4.39 Å². The zero-order chi connectivity index (χ0) is 13.7. The molecule has 3 unspecified atom stereocenters. The molecule has 0 saturated heterocycles. The van der Waals surface area contributed by atoms with E-state index in [0.29, 0.717) is 4.90 Å². The molecule has 1 aliphatic carbocycles. The summed E-state index contributed by atoms with van der Waals surface area (Å²) in [7, 11) is -1.25. The van der Waals surface area contributed by atoms with Crippen molar-refractivity contribution in [2.24, 2.45) is 0 Å². The third-order valence-electron chi connectivity index (χ3n) is 3.69. The highest BCUT2D eigenvalue weighted by Crippen LogP contribution is 2.27. The molecule has 3 atom stereocenters. The first-order valence-electron chi connectivity index (χ1n) is 7.12. The largest absolute Gasteiger partial charge is 0.313 e. The lowest BCUT2D eigenvalue weighted by Gasteiger charge is -2.31. The molecule has 0 aliphatic heterocycles. The lowest BCUT2D eigenvalue weighted by molar-refractivity contribution is 0.378. The molecule has 0 bridgehead atoms. The molecule has 0 radical (unpaired) electrons. The van der Waals surface area contributed by atoms with Crippen molar-refractivity contribution in [2.45, 2.75) is 55.2 Å². The van der Waals surface area contributed by atoms with Crippen LogP contribution in [0.1, 0.15) is 39.0 Å². The molecule has 106 valence electrons. The van der Waals surface area contributed by atoms with Gasteiger partial charge in [-0.15, -0.1) is 0 Å². The van der Waals surface area contributed by atoms with Gasteiger partial charge in [0, 0.05) is 6.04 Å². The molecular weight excluding hydrogens is 261 g/mol. The van der Waals surface area contributed by atoms with Crippen molar-refractivity contribution in [1.29, 1.82) is 0 Å². The lowest BCUT2D eigenvalue weighted by Crippen LogP contribution is -2.44. The van der Waals surface area contributed by atoms with Crippen molar-refractivity contribution >= 4 is 10.8 Å². The zero-order valence-corrected chi connectivity index (χ0v) is 12.2. The smallest absolute Gasteiger partial charge is 0.139 e. The predicted molar refractivity (Wildman–Crippen MR) is 77.1 cm³/mol. The monoisotopic (exact) mass is 283 g/mol. The third-order valence-corrected chi connectivity index (χ3v) is 5.57. The molecule has 19 heavy (non-hydrogen) atoms. The van der Waals surface area contributed by atoms with Crippen LogP contribution in [0.25, 0.3) is 0 Å². The molecule has 1 N–H and O–H groups in total. The van der Waals surface area contributed by atoms with Crippen LogP contribution in [-0.4, -0.2) is 22.0 Å². The zero-order valence-electron chi connectivity index (χ0n) is 11.4. The van der Waals surface area contributed by atoms with E-state index in [1.165, 1.54) is 12.5 Å². The van der Waals surface area contributed by atoms with Gasteiger partial charge >= 0.3 is 0 Å². The lowest BCUT2D eigenvalue weighted by atomic mass is 9.95. The Hall–Kier alpha value is -0.740. The average molecular weight is 283 g/mol. The number of hydrogen-bond acceptors (Lipinski definition) is 2. The summed E-state index contributed by atoms with van der Waals surface area (Å²) in [6, 6.07) is 6.70. The van der Waals surface area contributed by atoms with E-state index in [1.807, 2.05) is 0 Å². The first-order valence-corrected chi connectivity index (χ1v) is 8.33. The SMILES string of the molecule is CCCNC1CCCCC1S(=O)c1ccccc1F. The Morgan fingerprint density at radius 3 is 2.79 bits per heavy atom. The summed E-state index contributed by atoms with van der Waals surface area (Å²) in [5, 5.41) is 3.52. The fraction of sp³-hybridized carbons (Fsp3) is 0.600. The molecule has 0 heterocycles. The van der Waals surface area contributed by atoms with Gasteiger partial charge in [-0.3, -0.25) is 4.21 Å². The minimum Gasteiger partial charge on any atom is -0.313 e. The molecule has 0 aromatic heterocycles. The standard InChI is InChI=1S/C15H22FNOS/c1-2-11-17-13-8-4-6-10-15(13)19(18)14-9-5-3-7-12(14)16/h3,5,7,9,13,15,17H,2,4,6,8,10-11H2,1H3. The molecular formula is C15H22FNOS. The van der Waals surface area contributed by atoms with Crippen molar-refractivity contribution in [3.8, 4) is 0 Å². The second kappa shape index (κ2) is 7.15. The highest BCUT2D eigenvalue weighted by molar-refractivity contribution is 7.85. The molecule has 2 nitrogen and oxygen atoms in total. The average Bonchev–Trinajstić information content (AvgIpc) is 2.45. The Balaban J connectivity index is 2.13. The Bertz CT molecular complexity index is 438. The normalized spacial score (nSPS) is 25.2. The minimum atomic E-state index is -1.25. The predicted octanol–water partition coefficient (Wildman–Crippen LogP) is 3.24. The maximum atomic E-state index is 13.8. The van der Waals surface area contributed by atoms with E-state index in [9.17, 15) is 8.60 Å². The first-order chi connectivity index (χ1) is 9.24. The molecule has 2 rings (SSSR count). The van der Waals surface area contributed by atoms with Gasteiger partial charge in [0.25, 0.3) is 0 Å². The summed E-state index contributed by atoms with van der Waals surface area (Å²) in [6.45, 7) is 3.06. The van der Waals surface area contributed by atoms with Gasteiger partial charge in [-0.2, -0.15) is 0 Å². The van der Waals surface area contributed by atoms with Gasteiger partial charge in [0.15, 0.2) is 0 Å². The number of halogens is 1. The van der Waals surface area contributed by atoms with Crippen molar-refractivity contribution in [1.82, 2.24) is 5.32 Å². The van der Waals surface area contributed by atoms with Gasteiger partial charge in [-0.1, -0.05) is 31.9 Å². The van der Waals surface area contributed by atoms with Crippen molar-refractivity contribution in [3.63, 3.8) is 0 Å². The Labute approximate surface area is 117 Å². The summed E-state index contributed by atoms with van der Waals surface area (Å²) in [6.07, 6.45) is 5.30. The Kier molecular flexibility index (Phi) is 5.52. The molecule has 0 spiro atoms. The van der Waals surface area contributed by atoms with E-state index in [0.717, 1.165) is 32.2 Å². The summed E-state index contributed by atoms with van der Waals surface area (Å²) < 4.78 is 26.4. The Morgan fingerprint density at radius 2 is 2.05 bits per heavy atom. The topological polar surface area (TPSA) is 29.1 Å². The maximum Gasteiger partial charge on any atom is 0.139 e. The van der Waals surface area contributed by atoms with Crippen LogP contribution in [0.4, 0.5) is 4.39 Å². The van der Waals surface area contributed by atoms with Gasteiger partial charge in [0.1, 0.15) is 5.82 Å². The Morgan fingerprint density at radius 1 is 1.32 bits per heavy atom. The van der Waals surface area contributed by atoms with Gasteiger partial charge in [0.05, 0.1) is 20.9 Å². The number of hydrogen-bond donors (Lipinski definition) is 1. The highest BCUT2D eigenvalue weighted by atomic mass is 32.2. The van der Waals surface area contributed by atoms with Crippen LogP contribution >= 0.6 is 0 Å². The van der Waals surface area contributed by atoms with Crippen molar-refractivity contribution in [3.05, 3.63) is 30.1 Å². The first kappa shape index (κ1) is 14.7. The summed E-state index contributed by atoms with van der Waals surface area (Å²) in [4.78, 5) is 0.359. The maximum absolute atomic E-state index is 13.8. The molecule has 1 aromatic carbocycles. The quantitative estimate of drug-likeness (QED) is 0.899. The fourth-order valence-corrected chi connectivity index (χ4v) is 4.40. The van der Waals surface area contributed by atoms with E-state index >= 15 is 0 Å². The highest BCUT2D eigenvalue weighted by Gasteiger charge is 2.31. The van der Waals surface area contributed by atoms with Crippen LogP contribution in [-0.2, 0) is 10.8 Å². The van der Waals surface area contributed by atoms with Gasteiger partial charge < -0.3 is 5.32 Å². The van der Waals surface area contributed by atoms with Crippen LogP contribution in [0.15, 0.2) is 29.2 Å². The molecule has 4 heteroatoms.